The number of rotatable bonds is 5. The molecular formula is C14H18N2O. The molecule has 0 bridgehead atoms. The maximum Gasteiger partial charge on any atom is 0.251 e. The van der Waals surface area contributed by atoms with E-state index >= 15 is 0 Å². The van der Waals surface area contributed by atoms with E-state index in [9.17, 15) is 4.79 Å². The molecule has 17 heavy (non-hydrogen) atoms. The van der Waals surface area contributed by atoms with Gasteiger partial charge in [0.25, 0.3) is 5.56 Å². The fourth-order valence-electron chi connectivity index (χ4n) is 2.07. The Morgan fingerprint density at radius 3 is 2.65 bits per heavy atom. The molecule has 1 aromatic heterocycles. The van der Waals surface area contributed by atoms with E-state index in [0.717, 1.165) is 43.3 Å². The Bertz CT molecular complexity index is 545. The van der Waals surface area contributed by atoms with Gasteiger partial charge >= 0.3 is 0 Å². The molecule has 2 N–H and O–H groups in total. The average Bonchev–Trinajstić information content (AvgIpc) is 2.37. The molecule has 0 spiro atoms. The van der Waals surface area contributed by atoms with Crippen LogP contribution < -0.4 is 11.3 Å². The number of aromatic nitrogens is 1. The molecule has 0 aliphatic rings. The lowest BCUT2D eigenvalue weighted by atomic mass is 10.2. The van der Waals surface area contributed by atoms with E-state index in [1.165, 1.54) is 0 Å². The predicted octanol–water partition coefficient (Wildman–Crippen LogP) is 2.13. The molecule has 2 rings (SSSR count). The van der Waals surface area contributed by atoms with E-state index in [1.54, 1.807) is 6.07 Å². The number of hydrogen-bond donors (Lipinski definition) is 1. The third-order valence-corrected chi connectivity index (χ3v) is 2.98. The number of nitrogens with zero attached hydrogens (tertiary/aromatic N) is 1. The molecular weight excluding hydrogens is 212 g/mol. The van der Waals surface area contributed by atoms with Gasteiger partial charge in [0, 0.05) is 12.6 Å². The molecule has 0 saturated carbocycles. The number of pyridine rings is 1. The third-order valence-electron chi connectivity index (χ3n) is 2.98. The van der Waals surface area contributed by atoms with Crippen molar-refractivity contribution in [3.63, 3.8) is 0 Å². The Morgan fingerprint density at radius 1 is 1.00 bits per heavy atom. The lowest BCUT2D eigenvalue weighted by Crippen LogP contribution is -2.19. The summed E-state index contributed by atoms with van der Waals surface area (Å²) in [6, 6.07) is 11.5. The molecule has 0 amide bonds. The average molecular weight is 230 g/mol. The molecule has 0 aliphatic carbocycles. The van der Waals surface area contributed by atoms with Crippen molar-refractivity contribution in [1.29, 1.82) is 0 Å². The van der Waals surface area contributed by atoms with E-state index in [2.05, 4.69) is 0 Å². The second-order valence-corrected chi connectivity index (χ2v) is 4.23. The number of unbranched alkanes of at least 4 members (excludes halogenated alkanes) is 2. The minimum Gasteiger partial charge on any atom is -0.330 e. The summed E-state index contributed by atoms with van der Waals surface area (Å²) in [5, 5.41) is 1.12. The highest BCUT2D eigenvalue weighted by Gasteiger charge is 2.01. The number of aryl methyl sites for hydroxylation is 1. The van der Waals surface area contributed by atoms with Crippen LogP contribution in [0, 0.1) is 0 Å². The van der Waals surface area contributed by atoms with Crippen molar-refractivity contribution in [1.82, 2.24) is 4.57 Å². The van der Waals surface area contributed by atoms with Crippen molar-refractivity contribution in [3.8, 4) is 0 Å². The highest BCUT2D eigenvalue weighted by atomic mass is 16.1. The van der Waals surface area contributed by atoms with Gasteiger partial charge in [-0.15, -0.1) is 0 Å². The van der Waals surface area contributed by atoms with Crippen LogP contribution in [0.2, 0.25) is 0 Å². The van der Waals surface area contributed by atoms with Crippen molar-refractivity contribution in [3.05, 3.63) is 46.8 Å². The van der Waals surface area contributed by atoms with Crippen LogP contribution in [0.4, 0.5) is 0 Å². The third kappa shape index (κ3) is 2.74. The minimum atomic E-state index is 0.0800. The highest BCUT2D eigenvalue weighted by Crippen LogP contribution is 2.11. The lowest BCUT2D eigenvalue weighted by molar-refractivity contribution is 0.591. The standard InChI is InChI=1S/C14H18N2O/c15-10-4-1-5-11-16-13-7-3-2-6-12(13)8-9-14(16)17/h2-3,6-9H,1,4-5,10-11,15H2. The lowest BCUT2D eigenvalue weighted by Gasteiger charge is -2.09. The van der Waals surface area contributed by atoms with Crippen LogP contribution in [0.1, 0.15) is 19.3 Å². The van der Waals surface area contributed by atoms with Crippen LogP contribution in [0.25, 0.3) is 10.9 Å². The molecule has 0 radical (unpaired) electrons. The maximum absolute atomic E-state index is 11.8. The molecule has 3 nitrogen and oxygen atoms in total. The first-order valence-corrected chi connectivity index (χ1v) is 6.11. The first kappa shape index (κ1) is 11.9. The molecule has 3 heteroatoms. The van der Waals surface area contributed by atoms with E-state index in [-0.39, 0.29) is 5.56 Å². The molecule has 90 valence electrons. The fourth-order valence-corrected chi connectivity index (χ4v) is 2.07. The summed E-state index contributed by atoms with van der Waals surface area (Å²) in [7, 11) is 0. The van der Waals surface area contributed by atoms with Gasteiger partial charge in [0.15, 0.2) is 0 Å². The van der Waals surface area contributed by atoms with E-state index in [0.29, 0.717) is 0 Å². The zero-order chi connectivity index (χ0) is 12.1. The first-order valence-electron chi connectivity index (χ1n) is 6.11. The Hall–Kier alpha value is -1.61. The number of benzene rings is 1. The van der Waals surface area contributed by atoms with Gasteiger partial charge < -0.3 is 10.3 Å². The maximum atomic E-state index is 11.8. The number of nitrogens with two attached hydrogens (primary N) is 1. The Morgan fingerprint density at radius 2 is 1.82 bits per heavy atom. The molecule has 0 fully saturated rings. The SMILES string of the molecule is NCCCCCn1c(=O)ccc2ccccc21. The summed E-state index contributed by atoms with van der Waals surface area (Å²) in [5.41, 5.74) is 6.56. The molecule has 0 unspecified atom stereocenters. The molecule has 2 aromatic rings. The number of para-hydroxylation sites is 1. The van der Waals surface area contributed by atoms with Gasteiger partial charge in [-0.1, -0.05) is 24.6 Å². The van der Waals surface area contributed by atoms with Crippen LogP contribution in [-0.4, -0.2) is 11.1 Å². The van der Waals surface area contributed by atoms with Gasteiger partial charge in [-0.05, 0) is 36.9 Å². The molecule has 0 atom stereocenters. The van der Waals surface area contributed by atoms with Gasteiger partial charge in [-0.3, -0.25) is 4.79 Å². The van der Waals surface area contributed by atoms with E-state index < -0.39 is 0 Å². The summed E-state index contributed by atoms with van der Waals surface area (Å²) in [5.74, 6) is 0. The molecule has 0 aliphatic heterocycles. The Balaban J connectivity index is 2.25. The van der Waals surface area contributed by atoms with Crippen molar-refractivity contribution in [2.24, 2.45) is 5.73 Å². The normalized spacial score (nSPS) is 10.9. The Labute approximate surface area is 101 Å². The van der Waals surface area contributed by atoms with Crippen LogP contribution >= 0.6 is 0 Å². The summed E-state index contributed by atoms with van der Waals surface area (Å²) in [4.78, 5) is 11.8. The molecule has 1 aromatic carbocycles. The molecule has 1 heterocycles. The minimum absolute atomic E-state index is 0.0800. The summed E-state index contributed by atoms with van der Waals surface area (Å²) in [6.45, 7) is 1.50. The van der Waals surface area contributed by atoms with E-state index in [4.69, 9.17) is 5.73 Å². The topological polar surface area (TPSA) is 48.0 Å². The van der Waals surface area contributed by atoms with Gasteiger partial charge in [0.05, 0.1) is 5.52 Å². The van der Waals surface area contributed by atoms with E-state index in [1.807, 2.05) is 34.9 Å². The van der Waals surface area contributed by atoms with Gasteiger partial charge in [-0.25, -0.2) is 0 Å². The summed E-state index contributed by atoms with van der Waals surface area (Å²) < 4.78 is 1.85. The number of fused-ring (bicyclic) bond motifs is 1. The Kier molecular flexibility index (Phi) is 3.94. The zero-order valence-corrected chi connectivity index (χ0v) is 9.93. The van der Waals surface area contributed by atoms with Crippen LogP contribution in [0.15, 0.2) is 41.2 Å². The second-order valence-electron chi connectivity index (χ2n) is 4.23. The summed E-state index contributed by atoms with van der Waals surface area (Å²) in [6.07, 6.45) is 3.11. The van der Waals surface area contributed by atoms with Crippen molar-refractivity contribution < 1.29 is 0 Å². The fraction of sp³-hybridized carbons (Fsp3) is 0.357. The molecule has 0 saturated heterocycles. The second kappa shape index (κ2) is 5.64. The summed E-state index contributed by atoms with van der Waals surface area (Å²) >= 11 is 0. The van der Waals surface area contributed by atoms with Gasteiger partial charge in [0.2, 0.25) is 0 Å². The van der Waals surface area contributed by atoms with Crippen molar-refractivity contribution >= 4 is 10.9 Å². The number of hydrogen-bond acceptors (Lipinski definition) is 2. The first-order chi connectivity index (χ1) is 8.33. The van der Waals surface area contributed by atoms with Crippen molar-refractivity contribution in [2.75, 3.05) is 6.54 Å². The van der Waals surface area contributed by atoms with Crippen LogP contribution in [-0.2, 0) is 6.54 Å². The monoisotopic (exact) mass is 230 g/mol. The van der Waals surface area contributed by atoms with Gasteiger partial charge in [0.1, 0.15) is 0 Å². The van der Waals surface area contributed by atoms with Crippen LogP contribution in [0.3, 0.4) is 0 Å². The van der Waals surface area contributed by atoms with Crippen LogP contribution in [0.5, 0.6) is 0 Å². The highest BCUT2D eigenvalue weighted by molar-refractivity contribution is 5.78. The van der Waals surface area contributed by atoms with Gasteiger partial charge in [-0.2, -0.15) is 0 Å². The smallest absolute Gasteiger partial charge is 0.251 e. The zero-order valence-electron chi connectivity index (χ0n) is 9.93. The van der Waals surface area contributed by atoms with Crippen molar-refractivity contribution in [2.45, 2.75) is 25.8 Å². The quantitative estimate of drug-likeness (QED) is 0.800. The largest absolute Gasteiger partial charge is 0.330 e. The predicted molar refractivity (Wildman–Crippen MR) is 71.1 cm³/mol.